The van der Waals surface area contributed by atoms with Crippen LogP contribution in [-0.4, -0.2) is 29.3 Å². The van der Waals surface area contributed by atoms with Crippen LogP contribution >= 0.6 is 0 Å². The zero-order valence-electron chi connectivity index (χ0n) is 12.5. The Labute approximate surface area is 124 Å². The third-order valence-corrected chi connectivity index (χ3v) is 4.01. The van der Waals surface area contributed by atoms with Crippen LogP contribution in [0.2, 0.25) is 0 Å². The van der Waals surface area contributed by atoms with Gasteiger partial charge in [-0.05, 0) is 56.7 Å². The number of hydrogen-bond donors (Lipinski definition) is 3. The summed E-state index contributed by atoms with van der Waals surface area (Å²) < 4.78 is 13.1. The molecule has 2 unspecified atom stereocenters. The number of amides is 2. The van der Waals surface area contributed by atoms with Gasteiger partial charge in [0, 0.05) is 6.04 Å². The lowest BCUT2D eigenvalue weighted by Gasteiger charge is -2.29. The number of carbonyl (C=O) groups is 1. The fraction of sp³-hybridized carbons (Fsp3) is 0.562. The van der Waals surface area contributed by atoms with E-state index in [1.54, 1.807) is 6.07 Å². The van der Waals surface area contributed by atoms with E-state index < -0.39 is 5.54 Å². The van der Waals surface area contributed by atoms with Gasteiger partial charge in [-0.1, -0.05) is 12.1 Å². The molecule has 3 N–H and O–H groups in total. The molecule has 4 nitrogen and oxygen atoms in total. The van der Waals surface area contributed by atoms with Gasteiger partial charge >= 0.3 is 6.03 Å². The average Bonchev–Trinajstić information content (AvgIpc) is 3.22. The Hall–Kier alpha value is -1.62. The van der Waals surface area contributed by atoms with Crippen LogP contribution < -0.4 is 10.6 Å². The molecule has 21 heavy (non-hydrogen) atoms. The molecule has 0 spiro atoms. The maximum absolute atomic E-state index is 13.1. The highest BCUT2D eigenvalue weighted by molar-refractivity contribution is 5.75. The van der Waals surface area contributed by atoms with E-state index in [1.807, 2.05) is 19.9 Å². The van der Waals surface area contributed by atoms with E-state index in [-0.39, 0.29) is 24.5 Å². The minimum atomic E-state index is -0.553. The van der Waals surface area contributed by atoms with Crippen LogP contribution in [0.3, 0.4) is 0 Å². The Morgan fingerprint density at radius 3 is 2.81 bits per heavy atom. The summed E-state index contributed by atoms with van der Waals surface area (Å²) in [6.45, 7) is 3.67. The molecule has 1 fully saturated rings. The summed E-state index contributed by atoms with van der Waals surface area (Å²) in [5, 5.41) is 15.2. The third-order valence-electron chi connectivity index (χ3n) is 4.01. The van der Waals surface area contributed by atoms with Crippen LogP contribution in [-0.2, 0) is 6.42 Å². The van der Waals surface area contributed by atoms with Gasteiger partial charge in [-0.15, -0.1) is 0 Å². The first-order valence-corrected chi connectivity index (χ1v) is 7.37. The summed E-state index contributed by atoms with van der Waals surface area (Å²) in [5.74, 6) is 0.0810. The number of aliphatic hydroxyl groups excluding tert-OH is 1. The van der Waals surface area contributed by atoms with Gasteiger partial charge < -0.3 is 15.7 Å². The van der Waals surface area contributed by atoms with Crippen LogP contribution in [0.5, 0.6) is 0 Å². The maximum atomic E-state index is 13.1. The fourth-order valence-electron chi connectivity index (χ4n) is 2.58. The van der Waals surface area contributed by atoms with Crippen LogP contribution in [0.15, 0.2) is 24.3 Å². The fourth-order valence-corrected chi connectivity index (χ4v) is 2.58. The van der Waals surface area contributed by atoms with E-state index >= 15 is 0 Å². The molecule has 2 rings (SSSR count). The molecule has 0 radical (unpaired) electrons. The van der Waals surface area contributed by atoms with Crippen molar-refractivity contribution in [3.63, 3.8) is 0 Å². The summed E-state index contributed by atoms with van der Waals surface area (Å²) in [6, 6.07) is 5.96. The monoisotopic (exact) mass is 294 g/mol. The SMILES string of the molecule is CC(Cc1cccc(F)c1)NC(=O)NC(C)(CO)C1CC1. The number of rotatable bonds is 6. The molecule has 2 amide bonds. The summed E-state index contributed by atoms with van der Waals surface area (Å²) in [4.78, 5) is 12.0. The first kappa shape index (κ1) is 15.8. The lowest BCUT2D eigenvalue weighted by Crippen LogP contribution is -2.55. The Balaban J connectivity index is 1.84. The number of urea groups is 1. The number of hydrogen-bond acceptors (Lipinski definition) is 2. The van der Waals surface area contributed by atoms with Gasteiger partial charge in [0.15, 0.2) is 0 Å². The highest BCUT2D eigenvalue weighted by atomic mass is 19.1. The quantitative estimate of drug-likeness (QED) is 0.753. The molecule has 116 valence electrons. The lowest BCUT2D eigenvalue weighted by atomic mass is 9.97. The second-order valence-electron chi connectivity index (χ2n) is 6.18. The number of nitrogens with one attached hydrogen (secondary N) is 2. The van der Waals surface area contributed by atoms with Crippen molar-refractivity contribution >= 4 is 6.03 Å². The molecule has 0 aliphatic heterocycles. The Morgan fingerprint density at radius 1 is 1.52 bits per heavy atom. The Morgan fingerprint density at radius 2 is 2.24 bits per heavy atom. The van der Waals surface area contributed by atoms with Gasteiger partial charge in [0.2, 0.25) is 0 Å². The van der Waals surface area contributed by atoms with E-state index in [1.165, 1.54) is 12.1 Å². The predicted molar refractivity (Wildman–Crippen MR) is 79.4 cm³/mol. The van der Waals surface area contributed by atoms with Gasteiger partial charge in [-0.3, -0.25) is 0 Å². The number of carbonyl (C=O) groups excluding carboxylic acids is 1. The first-order chi connectivity index (χ1) is 9.93. The Bertz CT molecular complexity index is 505. The van der Waals surface area contributed by atoms with Gasteiger partial charge in [0.25, 0.3) is 0 Å². The second-order valence-corrected chi connectivity index (χ2v) is 6.18. The molecular formula is C16H23FN2O2. The van der Waals surface area contributed by atoms with Gasteiger partial charge in [0.1, 0.15) is 5.82 Å². The van der Waals surface area contributed by atoms with Crippen molar-refractivity contribution in [1.29, 1.82) is 0 Å². The molecule has 0 bridgehead atoms. The molecule has 1 aromatic carbocycles. The normalized spacial score (nSPS) is 18.7. The van der Waals surface area contributed by atoms with E-state index in [0.717, 1.165) is 18.4 Å². The van der Waals surface area contributed by atoms with Crippen molar-refractivity contribution in [2.75, 3.05) is 6.61 Å². The minimum Gasteiger partial charge on any atom is -0.394 e. The molecular weight excluding hydrogens is 271 g/mol. The number of halogens is 1. The van der Waals surface area contributed by atoms with Crippen molar-refractivity contribution in [3.05, 3.63) is 35.6 Å². The van der Waals surface area contributed by atoms with Crippen LogP contribution in [0.4, 0.5) is 9.18 Å². The van der Waals surface area contributed by atoms with E-state index in [4.69, 9.17) is 0 Å². The standard InChI is InChI=1S/C16H23FN2O2/c1-11(8-12-4-3-5-14(17)9-12)18-15(21)19-16(2,10-20)13-6-7-13/h3-5,9,11,13,20H,6-8,10H2,1-2H3,(H2,18,19,21). The molecule has 1 aliphatic rings. The van der Waals surface area contributed by atoms with Crippen LogP contribution in [0, 0.1) is 11.7 Å². The zero-order chi connectivity index (χ0) is 15.5. The van der Waals surface area contributed by atoms with Gasteiger partial charge in [0.05, 0.1) is 12.1 Å². The average molecular weight is 294 g/mol. The molecule has 2 atom stereocenters. The van der Waals surface area contributed by atoms with Gasteiger partial charge in [-0.2, -0.15) is 0 Å². The molecule has 0 aromatic heterocycles. The van der Waals surface area contributed by atoms with Crippen molar-refractivity contribution < 1.29 is 14.3 Å². The van der Waals surface area contributed by atoms with Crippen molar-refractivity contribution in [1.82, 2.24) is 10.6 Å². The number of benzene rings is 1. The Kier molecular flexibility index (Phi) is 4.83. The molecule has 0 heterocycles. The van der Waals surface area contributed by atoms with Crippen molar-refractivity contribution in [2.45, 2.75) is 44.7 Å². The minimum absolute atomic E-state index is 0.0661. The maximum Gasteiger partial charge on any atom is 0.315 e. The molecule has 1 aromatic rings. The topological polar surface area (TPSA) is 61.4 Å². The summed E-state index contributed by atoms with van der Waals surface area (Å²) in [5.41, 5.74) is 0.290. The first-order valence-electron chi connectivity index (χ1n) is 7.37. The predicted octanol–water partition coefficient (Wildman–Crippen LogP) is 2.22. The number of aliphatic hydroxyl groups is 1. The van der Waals surface area contributed by atoms with E-state index in [2.05, 4.69) is 10.6 Å². The van der Waals surface area contributed by atoms with Gasteiger partial charge in [-0.25, -0.2) is 9.18 Å². The van der Waals surface area contributed by atoms with E-state index in [9.17, 15) is 14.3 Å². The van der Waals surface area contributed by atoms with Crippen molar-refractivity contribution in [2.24, 2.45) is 5.92 Å². The van der Waals surface area contributed by atoms with Crippen molar-refractivity contribution in [3.8, 4) is 0 Å². The third kappa shape index (κ3) is 4.43. The molecule has 1 saturated carbocycles. The summed E-state index contributed by atoms with van der Waals surface area (Å²) in [6.07, 6.45) is 2.64. The highest BCUT2D eigenvalue weighted by Gasteiger charge is 2.42. The molecule has 5 heteroatoms. The summed E-state index contributed by atoms with van der Waals surface area (Å²) >= 11 is 0. The van der Waals surface area contributed by atoms with Crippen LogP contribution in [0.1, 0.15) is 32.3 Å². The second kappa shape index (κ2) is 6.43. The molecule has 0 saturated heterocycles. The zero-order valence-corrected chi connectivity index (χ0v) is 12.5. The smallest absolute Gasteiger partial charge is 0.315 e. The molecule has 1 aliphatic carbocycles. The lowest BCUT2D eigenvalue weighted by molar-refractivity contribution is 0.154. The van der Waals surface area contributed by atoms with E-state index in [0.29, 0.717) is 12.3 Å². The highest BCUT2D eigenvalue weighted by Crippen LogP contribution is 2.39. The largest absolute Gasteiger partial charge is 0.394 e. The summed E-state index contributed by atoms with van der Waals surface area (Å²) in [7, 11) is 0. The van der Waals surface area contributed by atoms with Crippen LogP contribution in [0.25, 0.3) is 0 Å².